The highest BCUT2D eigenvalue weighted by molar-refractivity contribution is 7.10. The standard InChI is InChI=1S/C11H12N2O3S/c14-8(10-2-1-7-17-10)3-5-12-11(15)9-4-6-13-16-9/h1-2,4,6-8,14H,3,5H2,(H,12,15). The first-order valence-corrected chi connectivity index (χ1v) is 6.05. The Morgan fingerprint density at radius 2 is 2.47 bits per heavy atom. The monoisotopic (exact) mass is 252 g/mol. The first-order valence-electron chi connectivity index (χ1n) is 5.17. The van der Waals surface area contributed by atoms with Crippen molar-refractivity contribution in [3.8, 4) is 0 Å². The fraction of sp³-hybridized carbons (Fsp3) is 0.273. The average Bonchev–Trinajstić information content (AvgIpc) is 3.02. The lowest BCUT2D eigenvalue weighted by Gasteiger charge is -2.08. The van der Waals surface area contributed by atoms with Gasteiger partial charge in [-0.3, -0.25) is 4.79 Å². The van der Waals surface area contributed by atoms with Crippen molar-refractivity contribution in [1.29, 1.82) is 0 Å². The molecule has 0 radical (unpaired) electrons. The van der Waals surface area contributed by atoms with E-state index in [1.165, 1.54) is 23.6 Å². The minimum absolute atomic E-state index is 0.176. The van der Waals surface area contributed by atoms with Crippen molar-refractivity contribution in [1.82, 2.24) is 10.5 Å². The molecule has 2 aromatic rings. The number of hydrogen-bond acceptors (Lipinski definition) is 5. The van der Waals surface area contributed by atoms with Crippen LogP contribution in [-0.2, 0) is 0 Å². The Balaban J connectivity index is 1.75. The minimum atomic E-state index is -0.537. The van der Waals surface area contributed by atoms with E-state index in [0.29, 0.717) is 13.0 Å². The number of carbonyl (C=O) groups excluding carboxylic acids is 1. The van der Waals surface area contributed by atoms with Gasteiger partial charge in [0.15, 0.2) is 0 Å². The van der Waals surface area contributed by atoms with Crippen molar-refractivity contribution in [3.63, 3.8) is 0 Å². The molecule has 0 aromatic carbocycles. The van der Waals surface area contributed by atoms with Gasteiger partial charge in [-0.1, -0.05) is 11.2 Å². The van der Waals surface area contributed by atoms with Gasteiger partial charge in [-0.05, 0) is 17.9 Å². The van der Waals surface area contributed by atoms with Gasteiger partial charge in [0, 0.05) is 17.5 Å². The minimum Gasteiger partial charge on any atom is -0.388 e. The number of rotatable bonds is 5. The van der Waals surface area contributed by atoms with Gasteiger partial charge in [-0.15, -0.1) is 11.3 Å². The molecule has 0 saturated heterocycles. The maximum absolute atomic E-state index is 11.4. The number of thiophene rings is 1. The van der Waals surface area contributed by atoms with Crippen LogP contribution in [0.1, 0.15) is 28.0 Å². The van der Waals surface area contributed by atoms with Crippen LogP contribution in [0, 0.1) is 0 Å². The smallest absolute Gasteiger partial charge is 0.289 e. The predicted octanol–water partition coefficient (Wildman–Crippen LogP) is 1.59. The summed E-state index contributed by atoms with van der Waals surface area (Å²) in [4.78, 5) is 12.4. The van der Waals surface area contributed by atoms with Gasteiger partial charge in [-0.25, -0.2) is 0 Å². The van der Waals surface area contributed by atoms with E-state index in [-0.39, 0.29) is 11.7 Å². The van der Waals surface area contributed by atoms with Crippen LogP contribution in [0.5, 0.6) is 0 Å². The molecule has 5 nitrogen and oxygen atoms in total. The number of nitrogens with one attached hydrogen (secondary N) is 1. The lowest BCUT2D eigenvalue weighted by molar-refractivity contribution is 0.0906. The number of aliphatic hydroxyl groups excluding tert-OH is 1. The number of amides is 1. The second-order valence-corrected chi connectivity index (χ2v) is 4.43. The first kappa shape index (κ1) is 11.8. The van der Waals surface area contributed by atoms with E-state index in [2.05, 4.69) is 10.5 Å². The molecule has 0 aliphatic rings. The molecule has 1 amide bonds. The van der Waals surface area contributed by atoms with E-state index >= 15 is 0 Å². The molecule has 0 spiro atoms. The topological polar surface area (TPSA) is 75.4 Å². The van der Waals surface area contributed by atoms with E-state index in [0.717, 1.165) is 4.88 Å². The SMILES string of the molecule is O=C(NCCC(O)c1cccs1)c1ccno1. The molecule has 1 unspecified atom stereocenters. The lowest BCUT2D eigenvalue weighted by Crippen LogP contribution is -2.25. The molecule has 2 rings (SSSR count). The fourth-order valence-corrected chi connectivity index (χ4v) is 2.11. The Labute approximate surface area is 102 Å². The van der Waals surface area contributed by atoms with Crippen molar-refractivity contribution < 1.29 is 14.4 Å². The highest BCUT2D eigenvalue weighted by atomic mass is 32.1. The van der Waals surface area contributed by atoms with Gasteiger partial charge < -0.3 is 14.9 Å². The van der Waals surface area contributed by atoms with Crippen molar-refractivity contribution in [2.24, 2.45) is 0 Å². The number of aromatic nitrogens is 1. The van der Waals surface area contributed by atoms with Crippen LogP contribution in [0.3, 0.4) is 0 Å². The van der Waals surface area contributed by atoms with Crippen LogP contribution in [0.15, 0.2) is 34.3 Å². The van der Waals surface area contributed by atoms with Crippen LogP contribution in [0.4, 0.5) is 0 Å². The quantitative estimate of drug-likeness (QED) is 0.847. The van der Waals surface area contributed by atoms with Crippen molar-refractivity contribution in [2.45, 2.75) is 12.5 Å². The molecule has 0 aliphatic heterocycles. The molecule has 1 atom stereocenters. The summed E-state index contributed by atoms with van der Waals surface area (Å²) in [6.45, 7) is 0.387. The summed E-state index contributed by atoms with van der Waals surface area (Å²) >= 11 is 1.50. The summed E-state index contributed by atoms with van der Waals surface area (Å²) in [6, 6.07) is 5.24. The molecule has 2 heterocycles. The van der Waals surface area contributed by atoms with Gasteiger partial charge in [0.25, 0.3) is 5.91 Å². The van der Waals surface area contributed by atoms with Gasteiger partial charge >= 0.3 is 0 Å². The second kappa shape index (κ2) is 5.60. The molecule has 0 fully saturated rings. The lowest BCUT2D eigenvalue weighted by atomic mass is 10.2. The van der Waals surface area contributed by atoms with Crippen molar-refractivity contribution in [3.05, 3.63) is 40.4 Å². The summed E-state index contributed by atoms with van der Waals surface area (Å²) in [6.07, 6.45) is 1.35. The normalized spacial score (nSPS) is 12.3. The summed E-state index contributed by atoms with van der Waals surface area (Å²) in [5.41, 5.74) is 0. The third-order valence-electron chi connectivity index (χ3n) is 2.24. The molecule has 2 N–H and O–H groups in total. The van der Waals surface area contributed by atoms with Gasteiger partial charge in [0.1, 0.15) is 0 Å². The number of aliphatic hydroxyl groups is 1. The Bertz CT molecular complexity index is 453. The van der Waals surface area contributed by atoms with Crippen molar-refractivity contribution >= 4 is 17.2 Å². The Morgan fingerprint density at radius 3 is 3.12 bits per heavy atom. The molecule has 6 heteroatoms. The van der Waals surface area contributed by atoms with Gasteiger partial charge in [0.2, 0.25) is 5.76 Å². The Morgan fingerprint density at radius 1 is 1.59 bits per heavy atom. The first-order chi connectivity index (χ1) is 8.27. The predicted molar refractivity (Wildman–Crippen MR) is 62.7 cm³/mol. The third-order valence-corrected chi connectivity index (χ3v) is 3.21. The largest absolute Gasteiger partial charge is 0.388 e. The molecular formula is C11H12N2O3S. The molecule has 17 heavy (non-hydrogen) atoms. The zero-order chi connectivity index (χ0) is 12.1. The van der Waals surface area contributed by atoms with Crippen LogP contribution < -0.4 is 5.32 Å². The van der Waals surface area contributed by atoms with E-state index in [1.54, 1.807) is 0 Å². The average molecular weight is 252 g/mol. The third kappa shape index (κ3) is 3.15. The Hall–Kier alpha value is -1.66. The van der Waals surface area contributed by atoms with Crippen LogP contribution in [-0.4, -0.2) is 22.7 Å². The molecule has 0 aliphatic carbocycles. The van der Waals surface area contributed by atoms with E-state index in [4.69, 9.17) is 4.52 Å². The second-order valence-electron chi connectivity index (χ2n) is 3.45. The van der Waals surface area contributed by atoms with Crippen LogP contribution in [0.25, 0.3) is 0 Å². The summed E-state index contributed by atoms with van der Waals surface area (Å²) in [5, 5.41) is 17.8. The molecule has 90 valence electrons. The maximum Gasteiger partial charge on any atom is 0.289 e. The number of nitrogens with zero attached hydrogens (tertiary/aromatic N) is 1. The molecule has 2 aromatic heterocycles. The Kier molecular flexibility index (Phi) is 3.89. The summed E-state index contributed by atoms with van der Waals surface area (Å²) in [5.74, 6) is -0.142. The van der Waals surface area contributed by atoms with Crippen LogP contribution in [0.2, 0.25) is 0 Å². The van der Waals surface area contributed by atoms with E-state index < -0.39 is 6.10 Å². The highest BCUT2D eigenvalue weighted by Crippen LogP contribution is 2.20. The zero-order valence-corrected chi connectivity index (χ0v) is 9.81. The summed E-state index contributed by atoms with van der Waals surface area (Å²) < 4.78 is 4.70. The molecular weight excluding hydrogens is 240 g/mol. The van der Waals surface area contributed by atoms with Gasteiger partial charge in [0.05, 0.1) is 12.3 Å². The highest BCUT2D eigenvalue weighted by Gasteiger charge is 2.11. The van der Waals surface area contributed by atoms with E-state index in [1.807, 2.05) is 17.5 Å². The van der Waals surface area contributed by atoms with Crippen LogP contribution >= 0.6 is 11.3 Å². The van der Waals surface area contributed by atoms with E-state index in [9.17, 15) is 9.90 Å². The molecule has 0 saturated carbocycles. The number of carbonyl (C=O) groups is 1. The molecule has 0 bridgehead atoms. The van der Waals surface area contributed by atoms with Gasteiger partial charge in [-0.2, -0.15) is 0 Å². The fourth-order valence-electron chi connectivity index (χ4n) is 1.37. The van der Waals surface area contributed by atoms with Crippen molar-refractivity contribution in [2.75, 3.05) is 6.54 Å². The zero-order valence-electron chi connectivity index (χ0n) is 9.00. The summed E-state index contributed by atoms with van der Waals surface area (Å²) in [7, 11) is 0. The maximum atomic E-state index is 11.4. The number of hydrogen-bond donors (Lipinski definition) is 2.